The number of pyridine rings is 1. The first-order valence-electron chi connectivity index (χ1n) is 9.36. The van der Waals surface area contributed by atoms with Crippen LogP contribution in [0.5, 0.6) is 0 Å². The van der Waals surface area contributed by atoms with Gasteiger partial charge in [0.15, 0.2) is 10.8 Å². The summed E-state index contributed by atoms with van der Waals surface area (Å²) in [6.07, 6.45) is 0. The summed E-state index contributed by atoms with van der Waals surface area (Å²) >= 11 is 7.84. The Morgan fingerprint density at radius 2 is 2.03 bits per heavy atom. The van der Waals surface area contributed by atoms with Gasteiger partial charge in [-0.3, -0.25) is 4.79 Å². The van der Waals surface area contributed by atoms with Crippen LogP contribution in [0.4, 0.5) is 5.69 Å². The van der Waals surface area contributed by atoms with Crippen LogP contribution in [0.1, 0.15) is 6.92 Å². The molecule has 1 fully saturated rings. The number of aliphatic carboxylic acids is 1. The van der Waals surface area contributed by atoms with Crippen LogP contribution >= 0.6 is 23.4 Å². The second kappa shape index (κ2) is 8.61. The Labute approximate surface area is 177 Å². The van der Waals surface area contributed by atoms with Gasteiger partial charge < -0.3 is 19.7 Å². The predicted octanol–water partition coefficient (Wildman–Crippen LogP) is 3.93. The summed E-state index contributed by atoms with van der Waals surface area (Å²) in [6.45, 7) is 4.94. The van der Waals surface area contributed by atoms with Crippen LogP contribution in [0.2, 0.25) is 5.02 Å². The molecule has 0 spiro atoms. The average Bonchev–Trinajstić information content (AvgIpc) is 3.13. The number of carbonyl (C=O) groups is 1. The molecule has 0 radical (unpaired) electrons. The maximum Gasteiger partial charge on any atom is 0.307 e. The molecule has 152 valence electrons. The van der Waals surface area contributed by atoms with Gasteiger partial charge in [-0.15, -0.1) is 0 Å². The van der Waals surface area contributed by atoms with Crippen molar-refractivity contribution < 1.29 is 14.6 Å². The fraction of sp³-hybridized carbons (Fsp3) is 0.350. The van der Waals surface area contributed by atoms with E-state index in [1.807, 2.05) is 18.2 Å². The first kappa shape index (κ1) is 20.0. The molecule has 0 amide bonds. The number of ether oxygens (including phenoxy) is 1. The highest BCUT2D eigenvalue weighted by Crippen LogP contribution is 2.31. The molecule has 1 aliphatic rings. The van der Waals surface area contributed by atoms with Gasteiger partial charge in [-0.25, -0.2) is 9.97 Å². The summed E-state index contributed by atoms with van der Waals surface area (Å²) in [7, 11) is 0. The van der Waals surface area contributed by atoms with E-state index in [4.69, 9.17) is 21.4 Å². The molecule has 2 N–H and O–H groups in total. The van der Waals surface area contributed by atoms with E-state index in [0.29, 0.717) is 27.3 Å². The van der Waals surface area contributed by atoms with Gasteiger partial charge in [-0.05, 0) is 18.2 Å². The number of imidazole rings is 1. The molecule has 1 atom stereocenters. The van der Waals surface area contributed by atoms with Crippen molar-refractivity contribution in [2.45, 2.75) is 12.1 Å². The van der Waals surface area contributed by atoms with E-state index in [1.165, 1.54) is 11.8 Å². The van der Waals surface area contributed by atoms with Crippen molar-refractivity contribution in [2.75, 3.05) is 37.0 Å². The number of anilines is 1. The lowest BCUT2D eigenvalue weighted by Crippen LogP contribution is -2.36. The molecule has 3 aromatic rings. The molecule has 0 bridgehead atoms. The minimum Gasteiger partial charge on any atom is -0.481 e. The number of fused-ring (bicyclic) bond motifs is 1. The van der Waals surface area contributed by atoms with Crippen molar-refractivity contribution in [3.05, 3.63) is 35.4 Å². The maximum atomic E-state index is 11.0. The number of rotatable bonds is 6. The van der Waals surface area contributed by atoms with Gasteiger partial charge in [0.1, 0.15) is 0 Å². The Balaban J connectivity index is 1.55. The lowest BCUT2D eigenvalue weighted by molar-refractivity contribution is -0.140. The number of aromatic nitrogens is 3. The van der Waals surface area contributed by atoms with Gasteiger partial charge in [0.05, 0.1) is 35.4 Å². The van der Waals surface area contributed by atoms with Crippen LogP contribution in [0, 0.1) is 5.92 Å². The number of nitrogens with zero attached hydrogens (tertiary/aromatic N) is 3. The van der Waals surface area contributed by atoms with Crippen molar-refractivity contribution in [1.82, 2.24) is 15.0 Å². The fourth-order valence-electron chi connectivity index (χ4n) is 3.09. The SMILES string of the molecule is CC(CSc1nc2nc(-c3ccc(N4CCOCC4)cc3)c(Cl)cc2[nH]1)C(=O)O. The molecule has 7 nitrogen and oxygen atoms in total. The maximum absolute atomic E-state index is 11.0. The first-order valence-corrected chi connectivity index (χ1v) is 10.7. The molecule has 0 aliphatic carbocycles. The molecular formula is C20H21ClN4O3S. The smallest absolute Gasteiger partial charge is 0.307 e. The lowest BCUT2D eigenvalue weighted by Gasteiger charge is -2.28. The number of hydrogen-bond acceptors (Lipinski definition) is 6. The van der Waals surface area contributed by atoms with Crippen LogP contribution in [0.15, 0.2) is 35.5 Å². The molecule has 1 unspecified atom stereocenters. The third-order valence-electron chi connectivity index (χ3n) is 4.81. The van der Waals surface area contributed by atoms with Crippen LogP contribution < -0.4 is 4.90 Å². The Bertz CT molecular complexity index is 1020. The number of nitrogens with one attached hydrogen (secondary N) is 1. The number of benzene rings is 1. The Kier molecular flexibility index (Phi) is 5.94. The molecule has 29 heavy (non-hydrogen) atoms. The Hall–Kier alpha value is -2.29. The Morgan fingerprint density at radius 1 is 1.31 bits per heavy atom. The minimum absolute atomic E-state index is 0.429. The monoisotopic (exact) mass is 432 g/mol. The molecule has 1 aromatic carbocycles. The third kappa shape index (κ3) is 4.49. The largest absolute Gasteiger partial charge is 0.481 e. The number of halogens is 1. The normalized spacial score (nSPS) is 15.6. The van der Waals surface area contributed by atoms with Crippen LogP contribution in [0.3, 0.4) is 0 Å². The van der Waals surface area contributed by atoms with Crippen molar-refractivity contribution in [1.29, 1.82) is 0 Å². The molecule has 1 saturated heterocycles. The standard InChI is InChI=1S/C20H21ClN4O3S/c1-12(19(26)27)11-29-20-22-16-10-15(21)17(23-18(16)24-20)13-2-4-14(5-3-13)25-6-8-28-9-7-25/h2-5,10,12H,6-9,11H2,1H3,(H,26,27)(H,22,23,24). The van der Waals surface area contributed by atoms with Gasteiger partial charge in [-0.1, -0.05) is 42.4 Å². The number of carboxylic acid groups (broad SMARTS) is 1. The molecule has 3 heterocycles. The van der Waals surface area contributed by atoms with Gasteiger partial charge in [0.2, 0.25) is 0 Å². The molecule has 9 heteroatoms. The van der Waals surface area contributed by atoms with Gasteiger partial charge in [-0.2, -0.15) is 0 Å². The van der Waals surface area contributed by atoms with Crippen molar-refractivity contribution in [3.8, 4) is 11.3 Å². The van der Waals surface area contributed by atoms with Gasteiger partial charge >= 0.3 is 5.97 Å². The number of hydrogen-bond donors (Lipinski definition) is 2. The number of thioether (sulfide) groups is 1. The summed E-state index contributed by atoms with van der Waals surface area (Å²) in [4.78, 5) is 25.5. The van der Waals surface area contributed by atoms with E-state index in [0.717, 1.165) is 43.1 Å². The number of aromatic amines is 1. The third-order valence-corrected chi connectivity index (χ3v) is 6.24. The highest BCUT2D eigenvalue weighted by atomic mass is 35.5. The molecular weight excluding hydrogens is 412 g/mol. The highest BCUT2D eigenvalue weighted by molar-refractivity contribution is 7.99. The second-order valence-electron chi connectivity index (χ2n) is 6.93. The zero-order valence-corrected chi connectivity index (χ0v) is 17.5. The number of carboxylic acids is 1. The topological polar surface area (TPSA) is 91.3 Å². The second-order valence-corrected chi connectivity index (χ2v) is 8.34. The number of H-pyrrole nitrogens is 1. The molecule has 1 aliphatic heterocycles. The molecule has 4 rings (SSSR count). The van der Waals surface area contributed by atoms with Gasteiger partial charge in [0.25, 0.3) is 0 Å². The van der Waals surface area contributed by atoms with Crippen molar-refractivity contribution in [3.63, 3.8) is 0 Å². The van der Waals surface area contributed by atoms with Crippen molar-refractivity contribution >= 4 is 46.2 Å². The van der Waals surface area contributed by atoms with E-state index in [9.17, 15) is 4.79 Å². The zero-order valence-electron chi connectivity index (χ0n) is 15.9. The summed E-state index contributed by atoms with van der Waals surface area (Å²) < 4.78 is 5.41. The van der Waals surface area contributed by atoms with Crippen molar-refractivity contribution in [2.24, 2.45) is 5.92 Å². The van der Waals surface area contributed by atoms with Crippen LogP contribution in [0.25, 0.3) is 22.4 Å². The fourth-order valence-corrected chi connectivity index (χ4v) is 4.24. The molecule has 2 aromatic heterocycles. The Morgan fingerprint density at radius 3 is 2.72 bits per heavy atom. The number of morpholine rings is 1. The zero-order chi connectivity index (χ0) is 20.4. The van der Waals surface area contributed by atoms with E-state index in [-0.39, 0.29) is 0 Å². The van der Waals surface area contributed by atoms with Gasteiger partial charge in [0, 0.05) is 30.1 Å². The van der Waals surface area contributed by atoms with E-state index in [2.05, 4.69) is 32.0 Å². The molecule has 0 saturated carbocycles. The summed E-state index contributed by atoms with van der Waals surface area (Å²) in [6, 6.07) is 9.99. The van der Waals surface area contributed by atoms with Crippen LogP contribution in [-0.4, -0.2) is 58.1 Å². The summed E-state index contributed by atoms with van der Waals surface area (Å²) in [5.41, 5.74) is 4.04. The van der Waals surface area contributed by atoms with E-state index >= 15 is 0 Å². The highest BCUT2D eigenvalue weighted by Gasteiger charge is 2.16. The summed E-state index contributed by atoms with van der Waals surface area (Å²) in [5.74, 6) is -0.846. The lowest BCUT2D eigenvalue weighted by atomic mass is 10.1. The first-order chi connectivity index (χ1) is 14.0. The van der Waals surface area contributed by atoms with E-state index < -0.39 is 11.9 Å². The quantitative estimate of drug-likeness (QED) is 0.570. The summed E-state index contributed by atoms with van der Waals surface area (Å²) in [5, 5.41) is 10.2. The minimum atomic E-state index is -0.822. The van der Waals surface area contributed by atoms with E-state index in [1.54, 1.807) is 6.92 Å². The average molecular weight is 433 g/mol. The predicted molar refractivity (Wildman–Crippen MR) is 115 cm³/mol. The van der Waals surface area contributed by atoms with Crippen LogP contribution in [-0.2, 0) is 9.53 Å².